The van der Waals surface area contributed by atoms with Gasteiger partial charge in [-0.15, -0.1) is 0 Å². The minimum absolute atomic E-state index is 0.116. The quantitative estimate of drug-likeness (QED) is 0.625. The third kappa shape index (κ3) is 4.96. The van der Waals surface area contributed by atoms with Crippen LogP contribution in [0.3, 0.4) is 0 Å². The number of nitrogens with one attached hydrogen (secondary N) is 1. The fourth-order valence-corrected chi connectivity index (χ4v) is 3.71. The number of aliphatic imine (C=N–C) groups is 1. The van der Waals surface area contributed by atoms with Gasteiger partial charge < -0.3 is 10.2 Å². The molecule has 0 fully saturated rings. The van der Waals surface area contributed by atoms with E-state index in [0.717, 1.165) is 31.0 Å². The van der Waals surface area contributed by atoms with E-state index in [2.05, 4.69) is 45.6 Å². The van der Waals surface area contributed by atoms with Crippen LogP contribution in [0, 0.1) is 0 Å². The number of hydrogen-bond acceptors (Lipinski definition) is 3. The molecule has 1 aliphatic heterocycles. The number of hydrogen-bond donors (Lipinski definition) is 2. The van der Waals surface area contributed by atoms with Gasteiger partial charge in [0.15, 0.2) is 5.96 Å². The van der Waals surface area contributed by atoms with E-state index in [9.17, 15) is 8.42 Å². The highest BCUT2D eigenvalue weighted by Gasteiger charge is 2.16. The molecule has 0 bridgehead atoms. The van der Waals surface area contributed by atoms with Crippen LogP contribution in [-0.2, 0) is 16.6 Å². The average Bonchev–Trinajstić information content (AvgIpc) is 2.69. The number of guanidine groups is 1. The Morgan fingerprint density at radius 2 is 1.96 bits per heavy atom. The van der Waals surface area contributed by atoms with Gasteiger partial charge in [0.05, 0.1) is 4.90 Å². The molecule has 7 heteroatoms. The van der Waals surface area contributed by atoms with E-state index in [1.807, 2.05) is 12.1 Å². The summed E-state index contributed by atoms with van der Waals surface area (Å²) in [5.74, 6) is 0.791. The molecule has 1 aliphatic rings. The SMILES string of the molecule is CN=C(NCc1cccc(S(N)(=O)=O)c1)N1CC=C(c2ccccc2)CC1. The third-order valence-electron chi connectivity index (χ3n) is 4.54. The minimum Gasteiger partial charge on any atom is -0.352 e. The second-order valence-electron chi connectivity index (χ2n) is 6.38. The van der Waals surface area contributed by atoms with Crippen LogP contribution in [0.15, 0.2) is 70.6 Å². The molecule has 3 N–H and O–H groups in total. The number of benzene rings is 2. The molecule has 2 aromatic rings. The first-order chi connectivity index (χ1) is 13.0. The van der Waals surface area contributed by atoms with Crippen molar-refractivity contribution < 1.29 is 8.42 Å². The van der Waals surface area contributed by atoms with E-state index in [0.29, 0.717) is 6.54 Å². The maximum atomic E-state index is 11.5. The summed E-state index contributed by atoms with van der Waals surface area (Å²) in [4.78, 5) is 6.65. The first kappa shape index (κ1) is 19.1. The zero-order chi connectivity index (χ0) is 19.3. The van der Waals surface area contributed by atoms with Gasteiger partial charge in [0, 0.05) is 26.7 Å². The van der Waals surface area contributed by atoms with E-state index in [-0.39, 0.29) is 4.90 Å². The number of rotatable bonds is 4. The summed E-state index contributed by atoms with van der Waals surface area (Å²) in [6.45, 7) is 2.13. The Balaban J connectivity index is 1.63. The first-order valence-corrected chi connectivity index (χ1v) is 10.3. The number of nitrogens with zero attached hydrogens (tertiary/aromatic N) is 2. The molecule has 0 saturated heterocycles. The molecule has 1 heterocycles. The predicted octanol–water partition coefficient (Wildman–Crippen LogP) is 2.20. The van der Waals surface area contributed by atoms with Crippen LogP contribution in [-0.4, -0.2) is 39.4 Å². The molecule has 0 spiro atoms. The van der Waals surface area contributed by atoms with Gasteiger partial charge in [-0.05, 0) is 35.3 Å². The van der Waals surface area contributed by atoms with E-state index in [1.165, 1.54) is 17.2 Å². The average molecular weight is 385 g/mol. The van der Waals surface area contributed by atoms with Gasteiger partial charge in [-0.3, -0.25) is 4.99 Å². The lowest BCUT2D eigenvalue weighted by molar-refractivity contribution is 0.440. The Morgan fingerprint density at radius 1 is 1.19 bits per heavy atom. The van der Waals surface area contributed by atoms with E-state index < -0.39 is 10.0 Å². The van der Waals surface area contributed by atoms with Gasteiger partial charge in [-0.1, -0.05) is 48.5 Å². The monoisotopic (exact) mass is 384 g/mol. The lowest BCUT2D eigenvalue weighted by Crippen LogP contribution is -2.43. The van der Waals surface area contributed by atoms with Crippen molar-refractivity contribution in [1.82, 2.24) is 10.2 Å². The van der Waals surface area contributed by atoms with Gasteiger partial charge in [0.25, 0.3) is 0 Å². The highest BCUT2D eigenvalue weighted by molar-refractivity contribution is 7.89. The fourth-order valence-electron chi connectivity index (χ4n) is 3.12. The zero-order valence-electron chi connectivity index (χ0n) is 15.3. The fraction of sp³-hybridized carbons (Fsp3) is 0.250. The number of primary sulfonamides is 1. The molecular formula is C20H24N4O2S. The molecule has 3 rings (SSSR count). The van der Waals surface area contributed by atoms with Crippen molar-refractivity contribution in [1.29, 1.82) is 0 Å². The predicted molar refractivity (Wildman–Crippen MR) is 109 cm³/mol. The summed E-state index contributed by atoms with van der Waals surface area (Å²) >= 11 is 0. The molecular weight excluding hydrogens is 360 g/mol. The van der Waals surface area contributed by atoms with Gasteiger partial charge >= 0.3 is 0 Å². The maximum absolute atomic E-state index is 11.5. The molecule has 0 amide bonds. The van der Waals surface area contributed by atoms with Crippen molar-refractivity contribution in [2.45, 2.75) is 17.9 Å². The standard InChI is InChI=1S/C20H24N4O2S/c1-22-20(23-15-16-6-5-9-19(14-16)27(21,25)26)24-12-10-18(11-13-24)17-7-3-2-4-8-17/h2-10,14H,11-13,15H2,1H3,(H,22,23)(H2,21,25,26). The molecule has 0 atom stereocenters. The van der Waals surface area contributed by atoms with Crippen LogP contribution in [0.5, 0.6) is 0 Å². The number of sulfonamides is 1. The topological polar surface area (TPSA) is 87.8 Å². The van der Waals surface area contributed by atoms with Crippen LogP contribution in [0.25, 0.3) is 5.57 Å². The second-order valence-corrected chi connectivity index (χ2v) is 7.95. The highest BCUT2D eigenvalue weighted by atomic mass is 32.2. The molecule has 0 saturated carbocycles. The summed E-state index contributed by atoms with van der Waals surface area (Å²) in [5.41, 5.74) is 3.45. The summed E-state index contributed by atoms with van der Waals surface area (Å²) in [6, 6.07) is 17.0. The van der Waals surface area contributed by atoms with Crippen molar-refractivity contribution >= 4 is 21.6 Å². The van der Waals surface area contributed by atoms with Crippen molar-refractivity contribution in [3.05, 3.63) is 71.8 Å². The van der Waals surface area contributed by atoms with Crippen LogP contribution in [0.2, 0.25) is 0 Å². The normalized spacial score (nSPS) is 15.4. The third-order valence-corrected chi connectivity index (χ3v) is 5.45. The molecule has 0 aliphatic carbocycles. The highest BCUT2D eigenvalue weighted by Crippen LogP contribution is 2.22. The van der Waals surface area contributed by atoms with E-state index >= 15 is 0 Å². The lowest BCUT2D eigenvalue weighted by atomic mass is 10.00. The van der Waals surface area contributed by atoms with Crippen molar-refractivity contribution in [2.75, 3.05) is 20.1 Å². The Hall–Kier alpha value is -2.64. The molecule has 0 aromatic heterocycles. The Morgan fingerprint density at radius 3 is 2.59 bits per heavy atom. The smallest absolute Gasteiger partial charge is 0.238 e. The van der Waals surface area contributed by atoms with Crippen molar-refractivity contribution in [2.24, 2.45) is 10.1 Å². The molecule has 142 valence electrons. The summed E-state index contributed by atoms with van der Waals surface area (Å²) in [7, 11) is -1.95. The second kappa shape index (κ2) is 8.37. The van der Waals surface area contributed by atoms with Gasteiger partial charge in [0.2, 0.25) is 10.0 Å². The molecule has 0 radical (unpaired) electrons. The summed E-state index contributed by atoms with van der Waals surface area (Å²) in [6.07, 6.45) is 3.18. The van der Waals surface area contributed by atoms with Gasteiger partial charge in [-0.25, -0.2) is 13.6 Å². The van der Waals surface area contributed by atoms with Gasteiger partial charge in [-0.2, -0.15) is 0 Å². The summed E-state index contributed by atoms with van der Waals surface area (Å²) in [5, 5.41) is 8.50. The first-order valence-electron chi connectivity index (χ1n) is 8.79. The maximum Gasteiger partial charge on any atom is 0.238 e. The Bertz CT molecular complexity index is 953. The van der Waals surface area contributed by atoms with E-state index in [4.69, 9.17) is 5.14 Å². The van der Waals surface area contributed by atoms with Crippen LogP contribution < -0.4 is 10.5 Å². The van der Waals surface area contributed by atoms with Crippen molar-refractivity contribution in [3.63, 3.8) is 0 Å². The van der Waals surface area contributed by atoms with E-state index in [1.54, 1.807) is 19.2 Å². The number of nitrogens with two attached hydrogens (primary N) is 1. The molecule has 27 heavy (non-hydrogen) atoms. The van der Waals surface area contributed by atoms with Crippen LogP contribution >= 0.6 is 0 Å². The Labute approximate surface area is 160 Å². The Kier molecular flexibility index (Phi) is 5.93. The summed E-state index contributed by atoms with van der Waals surface area (Å²) < 4.78 is 23.0. The van der Waals surface area contributed by atoms with Crippen LogP contribution in [0.1, 0.15) is 17.5 Å². The lowest BCUT2D eigenvalue weighted by Gasteiger charge is -2.30. The zero-order valence-corrected chi connectivity index (χ0v) is 16.1. The van der Waals surface area contributed by atoms with Crippen LogP contribution in [0.4, 0.5) is 0 Å². The molecule has 0 unspecified atom stereocenters. The van der Waals surface area contributed by atoms with Gasteiger partial charge in [0.1, 0.15) is 0 Å². The largest absolute Gasteiger partial charge is 0.352 e. The molecule has 6 nitrogen and oxygen atoms in total. The molecule has 2 aromatic carbocycles. The van der Waals surface area contributed by atoms with Crippen molar-refractivity contribution in [3.8, 4) is 0 Å². The minimum atomic E-state index is -3.70.